The molecule has 2 aliphatic rings. The van der Waals surface area contributed by atoms with Crippen LogP contribution in [0.25, 0.3) is 0 Å². The first kappa shape index (κ1) is 23.9. The summed E-state index contributed by atoms with van der Waals surface area (Å²) in [5.74, 6) is -0.438. The molecule has 1 saturated heterocycles. The van der Waals surface area contributed by atoms with Gasteiger partial charge in [0, 0.05) is 31.1 Å². The van der Waals surface area contributed by atoms with Crippen molar-refractivity contribution in [2.24, 2.45) is 5.92 Å². The molecule has 0 bridgehead atoms. The number of piperidine rings is 1. The SMILES string of the molecule is Cc1cc(C(=O)OCC(=O)N2CCc3sccc3C2)cc(S(=O)(=O)N2CCC(C)CC2)c1C. The highest BCUT2D eigenvalue weighted by Gasteiger charge is 2.31. The number of sulfonamides is 1. The highest BCUT2D eigenvalue weighted by Crippen LogP contribution is 2.28. The van der Waals surface area contributed by atoms with Crippen molar-refractivity contribution in [3.8, 4) is 0 Å². The Kier molecular flexibility index (Phi) is 6.93. The molecule has 4 rings (SSSR count). The van der Waals surface area contributed by atoms with Gasteiger partial charge in [0.25, 0.3) is 5.91 Å². The Balaban J connectivity index is 1.46. The molecule has 0 spiro atoms. The fourth-order valence-electron chi connectivity index (χ4n) is 4.34. The van der Waals surface area contributed by atoms with Crippen LogP contribution in [0.2, 0.25) is 0 Å². The van der Waals surface area contributed by atoms with E-state index < -0.39 is 16.0 Å². The molecule has 0 radical (unpaired) electrons. The number of hydrogen-bond donors (Lipinski definition) is 0. The Morgan fingerprint density at radius 3 is 2.61 bits per heavy atom. The van der Waals surface area contributed by atoms with E-state index in [-0.39, 0.29) is 23.0 Å². The lowest BCUT2D eigenvalue weighted by Gasteiger charge is -2.30. The van der Waals surface area contributed by atoms with E-state index in [1.165, 1.54) is 15.2 Å². The van der Waals surface area contributed by atoms with Crippen LogP contribution < -0.4 is 0 Å². The lowest BCUT2D eigenvalue weighted by Crippen LogP contribution is -2.38. The maximum absolute atomic E-state index is 13.3. The summed E-state index contributed by atoms with van der Waals surface area (Å²) in [4.78, 5) is 28.5. The Hall–Kier alpha value is -2.23. The molecular weight excluding hydrogens is 460 g/mol. The quantitative estimate of drug-likeness (QED) is 0.599. The number of thiophene rings is 1. The van der Waals surface area contributed by atoms with E-state index in [1.54, 1.807) is 36.2 Å². The third-order valence-electron chi connectivity index (χ3n) is 6.70. The van der Waals surface area contributed by atoms with Gasteiger partial charge in [0.05, 0.1) is 10.5 Å². The number of carbonyl (C=O) groups excluding carboxylic acids is 2. The summed E-state index contributed by atoms with van der Waals surface area (Å²) in [7, 11) is -3.71. The van der Waals surface area contributed by atoms with Crippen LogP contribution in [0, 0.1) is 19.8 Å². The summed E-state index contributed by atoms with van der Waals surface area (Å²) in [6.07, 6.45) is 2.45. The van der Waals surface area contributed by atoms with E-state index in [2.05, 4.69) is 6.92 Å². The number of amides is 1. The summed E-state index contributed by atoms with van der Waals surface area (Å²) in [5.41, 5.74) is 2.61. The van der Waals surface area contributed by atoms with Gasteiger partial charge in [-0.1, -0.05) is 6.92 Å². The molecule has 2 aromatic rings. The van der Waals surface area contributed by atoms with Crippen LogP contribution in [-0.4, -0.2) is 55.7 Å². The van der Waals surface area contributed by atoms with Crippen LogP contribution in [0.3, 0.4) is 0 Å². The van der Waals surface area contributed by atoms with Gasteiger partial charge in [0.1, 0.15) is 0 Å². The number of aryl methyl sites for hydroxylation is 1. The van der Waals surface area contributed by atoms with Crippen molar-refractivity contribution in [2.75, 3.05) is 26.2 Å². The van der Waals surface area contributed by atoms with Gasteiger partial charge < -0.3 is 9.64 Å². The molecule has 33 heavy (non-hydrogen) atoms. The maximum atomic E-state index is 13.3. The summed E-state index contributed by atoms with van der Waals surface area (Å²) >= 11 is 1.69. The number of nitrogens with zero attached hydrogens (tertiary/aromatic N) is 2. The summed E-state index contributed by atoms with van der Waals surface area (Å²) in [6, 6.07) is 5.03. The minimum absolute atomic E-state index is 0.136. The van der Waals surface area contributed by atoms with Crippen molar-refractivity contribution >= 4 is 33.2 Å². The first-order valence-corrected chi connectivity index (χ1v) is 13.6. The topological polar surface area (TPSA) is 84.0 Å². The monoisotopic (exact) mass is 490 g/mol. The first-order chi connectivity index (χ1) is 15.7. The van der Waals surface area contributed by atoms with Gasteiger partial charge in [-0.3, -0.25) is 4.79 Å². The molecule has 1 aromatic heterocycles. The lowest BCUT2D eigenvalue weighted by atomic mass is 10.0. The molecular formula is C24H30N2O5S2. The van der Waals surface area contributed by atoms with Crippen molar-refractivity contribution in [3.63, 3.8) is 0 Å². The first-order valence-electron chi connectivity index (χ1n) is 11.3. The van der Waals surface area contributed by atoms with Crippen LogP contribution >= 0.6 is 11.3 Å². The largest absolute Gasteiger partial charge is 0.452 e. The smallest absolute Gasteiger partial charge is 0.338 e. The van der Waals surface area contributed by atoms with Crippen molar-refractivity contribution < 1.29 is 22.7 Å². The third kappa shape index (κ3) is 5.00. The third-order valence-corrected chi connectivity index (χ3v) is 9.75. The van der Waals surface area contributed by atoms with Gasteiger partial charge in [0.15, 0.2) is 6.61 Å². The molecule has 178 valence electrons. The zero-order valence-corrected chi connectivity index (χ0v) is 20.9. The Labute approximate surface area is 199 Å². The van der Waals surface area contributed by atoms with E-state index in [0.29, 0.717) is 43.2 Å². The molecule has 1 amide bonds. The number of fused-ring (bicyclic) bond motifs is 1. The second-order valence-corrected chi connectivity index (χ2v) is 11.9. The zero-order chi connectivity index (χ0) is 23.8. The van der Waals surface area contributed by atoms with Gasteiger partial charge in [-0.25, -0.2) is 13.2 Å². The Morgan fingerprint density at radius 1 is 1.15 bits per heavy atom. The van der Waals surface area contributed by atoms with Crippen LogP contribution in [0.5, 0.6) is 0 Å². The number of hydrogen-bond acceptors (Lipinski definition) is 6. The minimum Gasteiger partial charge on any atom is -0.452 e. The second kappa shape index (κ2) is 9.56. The molecule has 0 atom stereocenters. The number of benzene rings is 1. The van der Waals surface area contributed by atoms with E-state index in [9.17, 15) is 18.0 Å². The fourth-order valence-corrected chi connectivity index (χ4v) is 7.02. The Morgan fingerprint density at radius 2 is 1.88 bits per heavy atom. The molecule has 0 N–H and O–H groups in total. The lowest BCUT2D eigenvalue weighted by molar-refractivity contribution is -0.135. The number of esters is 1. The average molecular weight is 491 g/mol. The van der Waals surface area contributed by atoms with Crippen LogP contribution in [0.4, 0.5) is 0 Å². The van der Waals surface area contributed by atoms with E-state index >= 15 is 0 Å². The number of rotatable bonds is 5. The maximum Gasteiger partial charge on any atom is 0.338 e. The standard InChI is InChI=1S/C24H30N2O5S2/c1-16-4-9-26(10-5-16)33(29,30)22-13-20(12-17(2)18(22)3)24(28)31-15-23(27)25-8-6-21-19(14-25)7-11-32-21/h7,11-13,16H,4-6,8-10,14-15H2,1-3H3. The summed E-state index contributed by atoms with van der Waals surface area (Å²) in [6.45, 7) is 7.38. The van der Waals surface area contributed by atoms with E-state index in [4.69, 9.17) is 4.74 Å². The second-order valence-electron chi connectivity index (χ2n) is 9.01. The van der Waals surface area contributed by atoms with Crippen LogP contribution in [0.1, 0.15) is 51.7 Å². The summed E-state index contributed by atoms with van der Waals surface area (Å²) in [5, 5.41) is 2.02. The molecule has 0 aliphatic carbocycles. The van der Waals surface area contributed by atoms with E-state index in [0.717, 1.165) is 24.8 Å². The molecule has 0 saturated carbocycles. The predicted octanol–water partition coefficient (Wildman–Crippen LogP) is 3.53. The van der Waals surface area contributed by atoms with Crippen LogP contribution in [-0.2, 0) is 32.5 Å². The zero-order valence-electron chi connectivity index (χ0n) is 19.3. The van der Waals surface area contributed by atoms with Gasteiger partial charge >= 0.3 is 5.97 Å². The van der Waals surface area contributed by atoms with Gasteiger partial charge in [-0.2, -0.15) is 4.31 Å². The molecule has 0 unspecified atom stereocenters. The van der Waals surface area contributed by atoms with Gasteiger partial charge in [0.2, 0.25) is 10.0 Å². The summed E-state index contributed by atoms with van der Waals surface area (Å²) < 4.78 is 33.4. The van der Waals surface area contributed by atoms with Crippen LogP contribution in [0.15, 0.2) is 28.5 Å². The fraction of sp³-hybridized carbons (Fsp3) is 0.500. The minimum atomic E-state index is -3.71. The average Bonchev–Trinajstić information content (AvgIpc) is 3.27. The van der Waals surface area contributed by atoms with E-state index in [1.807, 2.05) is 11.4 Å². The number of ether oxygens (including phenoxy) is 1. The molecule has 1 fully saturated rings. The Bertz CT molecular complexity index is 1160. The predicted molar refractivity (Wildman–Crippen MR) is 127 cm³/mol. The highest BCUT2D eigenvalue weighted by atomic mass is 32.2. The molecule has 1 aromatic carbocycles. The molecule has 3 heterocycles. The highest BCUT2D eigenvalue weighted by molar-refractivity contribution is 7.89. The van der Waals surface area contributed by atoms with Gasteiger partial charge in [-0.15, -0.1) is 11.3 Å². The van der Waals surface area contributed by atoms with Gasteiger partial charge in [-0.05, 0) is 79.3 Å². The van der Waals surface area contributed by atoms with Crippen molar-refractivity contribution in [1.29, 1.82) is 0 Å². The molecule has 7 nitrogen and oxygen atoms in total. The van der Waals surface area contributed by atoms with Crippen molar-refractivity contribution in [1.82, 2.24) is 9.21 Å². The number of carbonyl (C=O) groups is 2. The van der Waals surface area contributed by atoms with Crippen molar-refractivity contribution in [2.45, 2.75) is 51.5 Å². The molecule has 9 heteroatoms. The van der Waals surface area contributed by atoms with Crippen molar-refractivity contribution in [3.05, 3.63) is 50.7 Å². The normalized spacial score (nSPS) is 17.6. The molecule has 2 aliphatic heterocycles.